The molecule has 6 aromatic rings. The number of para-hydroxylation sites is 1. The predicted molar refractivity (Wildman–Crippen MR) is 278 cm³/mol. The molecule has 0 radical (unpaired) electrons. The Kier molecular flexibility index (Phi) is 14.1. The summed E-state index contributed by atoms with van der Waals surface area (Å²) in [6.07, 6.45) is 8.66. The third-order valence-electron chi connectivity index (χ3n) is 13.5. The van der Waals surface area contributed by atoms with Gasteiger partial charge in [-0.3, -0.25) is 29.3 Å². The minimum absolute atomic E-state index is 0.00122. The second kappa shape index (κ2) is 21.1. The van der Waals surface area contributed by atoms with Crippen molar-refractivity contribution in [1.82, 2.24) is 10.3 Å². The molecule has 1 unspecified atom stereocenters. The van der Waals surface area contributed by atoms with Crippen molar-refractivity contribution in [3.63, 3.8) is 0 Å². The van der Waals surface area contributed by atoms with Gasteiger partial charge in [0.15, 0.2) is 28.8 Å². The first-order valence-electron chi connectivity index (χ1n) is 23.8. The zero-order chi connectivity index (χ0) is 48.9. The van der Waals surface area contributed by atoms with Crippen molar-refractivity contribution in [3.05, 3.63) is 154 Å². The van der Waals surface area contributed by atoms with E-state index in [9.17, 15) is 14.4 Å². The van der Waals surface area contributed by atoms with Crippen LogP contribution in [0, 0.1) is 5.92 Å². The molecule has 5 aromatic carbocycles. The van der Waals surface area contributed by atoms with E-state index in [2.05, 4.69) is 16.4 Å². The molecule has 0 saturated carbocycles. The van der Waals surface area contributed by atoms with E-state index in [1.54, 1.807) is 71.2 Å². The molecule has 4 aliphatic rings. The molecular weight excluding hydrogens is 935 g/mol. The van der Waals surface area contributed by atoms with Gasteiger partial charge in [-0.05, 0) is 113 Å². The van der Waals surface area contributed by atoms with E-state index < -0.39 is 5.41 Å². The summed E-state index contributed by atoms with van der Waals surface area (Å²) in [5.74, 6) is 2.84. The van der Waals surface area contributed by atoms with Crippen molar-refractivity contribution in [1.29, 1.82) is 0 Å². The van der Waals surface area contributed by atoms with Gasteiger partial charge in [0.05, 0.1) is 49.2 Å². The number of unbranched alkanes of at least 4 members (excludes halogenated alkanes) is 1. The Morgan fingerprint density at radius 2 is 1.44 bits per heavy atom. The average Bonchev–Trinajstić information content (AvgIpc) is 3.84. The number of aromatic nitrogens is 1. The number of anilines is 1. The second-order valence-electron chi connectivity index (χ2n) is 18.0. The van der Waals surface area contributed by atoms with Crippen molar-refractivity contribution in [2.24, 2.45) is 15.9 Å². The number of nitrogens with one attached hydrogen (secondary N) is 1. The Balaban J connectivity index is 0.837. The van der Waals surface area contributed by atoms with Crippen LogP contribution < -0.4 is 33.9 Å². The highest BCUT2D eigenvalue weighted by molar-refractivity contribution is 8.76. The number of amides is 2. The fourth-order valence-electron chi connectivity index (χ4n) is 9.78. The number of ether oxygens (including phenoxy) is 5. The lowest BCUT2D eigenvalue weighted by atomic mass is 9.72. The highest BCUT2D eigenvalue weighted by Crippen LogP contribution is 2.49. The monoisotopic (exact) mass is 987 g/mol. The molecule has 1 N–H and O–H groups in total. The lowest BCUT2D eigenvalue weighted by molar-refractivity contribution is -0.121. The quantitative estimate of drug-likeness (QED) is 0.0610. The maximum atomic E-state index is 14.4. The Morgan fingerprint density at radius 3 is 2.18 bits per heavy atom. The van der Waals surface area contributed by atoms with Gasteiger partial charge in [0.1, 0.15) is 24.0 Å². The minimum atomic E-state index is -0.749. The molecule has 15 heteroatoms. The van der Waals surface area contributed by atoms with Gasteiger partial charge in [-0.25, -0.2) is 4.98 Å². The molecule has 0 fully saturated rings. The van der Waals surface area contributed by atoms with E-state index in [4.69, 9.17) is 33.7 Å². The number of methoxy groups -OCH3 is 2. The van der Waals surface area contributed by atoms with E-state index in [1.807, 2.05) is 98.2 Å². The van der Waals surface area contributed by atoms with Crippen LogP contribution in [0.3, 0.4) is 0 Å². The molecule has 4 heterocycles. The first-order chi connectivity index (χ1) is 34.7. The number of nitrogens with zero attached hydrogens (tertiary/aromatic N) is 4. The van der Waals surface area contributed by atoms with Crippen molar-refractivity contribution in [2.75, 3.05) is 38.0 Å². The molecule has 3 aliphatic heterocycles. The first-order valence-corrected chi connectivity index (χ1v) is 26.1. The van der Waals surface area contributed by atoms with Crippen molar-refractivity contribution >= 4 is 68.7 Å². The Morgan fingerprint density at radius 1 is 0.746 bits per heavy atom. The number of hydrogen-bond donors (Lipinski definition) is 1. The predicted octanol–water partition coefficient (Wildman–Crippen LogP) is 10.7. The molecule has 1 aliphatic carbocycles. The highest BCUT2D eigenvalue weighted by atomic mass is 33.1. The largest absolute Gasteiger partial charge is 0.494 e. The molecule has 362 valence electrons. The maximum Gasteiger partial charge on any atom is 0.261 e. The van der Waals surface area contributed by atoms with Crippen molar-refractivity contribution in [2.45, 2.75) is 68.7 Å². The zero-order valence-electron chi connectivity index (χ0n) is 39.7. The number of pyridine rings is 1. The fourth-order valence-corrected chi connectivity index (χ4v) is 11.6. The molecule has 0 spiro atoms. The molecule has 1 aromatic heterocycles. The van der Waals surface area contributed by atoms with Crippen LogP contribution >= 0.6 is 21.6 Å². The Bertz CT molecular complexity index is 3060. The number of rotatable bonds is 19. The molecule has 0 bridgehead atoms. The summed E-state index contributed by atoms with van der Waals surface area (Å²) >= 11 is 0. The van der Waals surface area contributed by atoms with E-state index in [-0.39, 0.29) is 42.8 Å². The highest BCUT2D eigenvalue weighted by Gasteiger charge is 2.50. The minimum Gasteiger partial charge on any atom is -0.494 e. The Labute approximate surface area is 420 Å². The number of aliphatic imine (C=N–C) groups is 2. The second-order valence-corrected chi connectivity index (χ2v) is 20.4. The number of ketones is 1. The van der Waals surface area contributed by atoms with E-state index in [0.717, 1.165) is 45.1 Å². The summed E-state index contributed by atoms with van der Waals surface area (Å²) in [5.41, 5.74) is 6.98. The molecule has 71 heavy (non-hydrogen) atoms. The van der Waals surface area contributed by atoms with Gasteiger partial charge in [0.25, 0.3) is 5.91 Å². The molecule has 2 amide bonds. The lowest BCUT2D eigenvalue weighted by Crippen LogP contribution is -2.37. The zero-order valence-corrected chi connectivity index (χ0v) is 41.4. The van der Waals surface area contributed by atoms with Crippen LogP contribution in [0.4, 0.5) is 17.1 Å². The third kappa shape index (κ3) is 9.98. The summed E-state index contributed by atoms with van der Waals surface area (Å²) in [4.78, 5) is 56.8. The summed E-state index contributed by atoms with van der Waals surface area (Å²) < 4.78 is 30.9. The third-order valence-corrected chi connectivity index (χ3v) is 15.7. The molecule has 10 rings (SSSR count). The van der Waals surface area contributed by atoms with Gasteiger partial charge in [0, 0.05) is 73.1 Å². The van der Waals surface area contributed by atoms with E-state index in [0.29, 0.717) is 90.1 Å². The number of benzene rings is 5. The fraction of sp³-hybridized carbons (Fsp3) is 0.286. The van der Waals surface area contributed by atoms with Gasteiger partial charge >= 0.3 is 0 Å². The smallest absolute Gasteiger partial charge is 0.261 e. The standard InChI is InChI=1S/C56H53N5O8S2/c1-56-39(25-37-12-4-6-14-44(37)56)31-59-45-29-50(48(65-2)27-42(45)54(56)63)68-33-35-22-36(24-41(23-35)67-20-11-9-16-52(62)57-19-21-70-71-53-17-8-10-18-58-53)34-69-51-30-46-43(28-49(51)66-3)55(64)61-40(32-60-46)26-38-13-5-7-15-47(38)61/h4-8,10,12-15,17-18,22-24,27-32,39-40H,9,11,16,19-21,25-26,33-34H2,1-3H3,(H,57,62)/t39-,40-,56?/m0/s1. The molecule has 0 saturated heterocycles. The summed E-state index contributed by atoms with van der Waals surface area (Å²) in [6, 6.07) is 34.5. The number of Topliss-reactive ketones (excluding diaryl/α,β-unsaturated/α-hetero) is 1. The van der Waals surface area contributed by atoms with Gasteiger partial charge in [-0.2, -0.15) is 0 Å². The van der Waals surface area contributed by atoms with Crippen LogP contribution in [0.1, 0.15) is 74.7 Å². The normalized spacial score (nSPS) is 18.0. The number of carbonyl (C=O) groups is 3. The average molecular weight is 988 g/mol. The van der Waals surface area contributed by atoms with Crippen LogP contribution in [0.5, 0.6) is 28.7 Å². The van der Waals surface area contributed by atoms with Gasteiger partial charge in [-0.15, -0.1) is 0 Å². The summed E-state index contributed by atoms with van der Waals surface area (Å²) in [5, 5.41) is 3.94. The van der Waals surface area contributed by atoms with E-state index >= 15 is 0 Å². The SMILES string of the molecule is COc1cc2c(cc1OCc1cc(COc3cc4c(cc3OC)C(=O)C3(C)c5ccccc5C[C@H]3C=N4)cc(OCCCCC(=O)NCCSSc3ccccn3)c1)N=C[C@@H]1Cc3ccccc3N1C2=O. The number of hydrogen-bond acceptors (Lipinski definition) is 13. The molecule has 13 nitrogen and oxygen atoms in total. The molecule has 3 atom stereocenters. The summed E-state index contributed by atoms with van der Waals surface area (Å²) in [6.45, 7) is 3.23. The maximum absolute atomic E-state index is 14.4. The van der Waals surface area contributed by atoms with Crippen LogP contribution in [0.2, 0.25) is 0 Å². The van der Waals surface area contributed by atoms with Gasteiger partial charge in [0.2, 0.25) is 5.91 Å². The van der Waals surface area contributed by atoms with Crippen LogP contribution in [0.25, 0.3) is 0 Å². The molecular formula is C56H53N5O8S2. The summed E-state index contributed by atoms with van der Waals surface area (Å²) in [7, 11) is 6.36. The van der Waals surface area contributed by atoms with Gasteiger partial charge in [-0.1, -0.05) is 59.3 Å². The first kappa shape index (κ1) is 47.6. The topological polar surface area (TPSA) is 150 Å². The number of carbonyl (C=O) groups excluding carboxylic acids is 3. The van der Waals surface area contributed by atoms with Crippen LogP contribution in [-0.2, 0) is 36.3 Å². The van der Waals surface area contributed by atoms with Crippen LogP contribution in [0.15, 0.2) is 130 Å². The van der Waals surface area contributed by atoms with E-state index in [1.165, 1.54) is 5.56 Å². The Hall–Kier alpha value is -7.10. The van der Waals surface area contributed by atoms with Crippen LogP contribution in [-0.4, -0.2) is 74.2 Å². The van der Waals surface area contributed by atoms with Gasteiger partial charge < -0.3 is 29.0 Å². The van der Waals surface area contributed by atoms with Crippen molar-refractivity contribution in [3.8, 4) is 28.7 Å². The van der Waals surface area contributed by atoms with Crippen molar-refractivity contribution < 1.29 is 38.1 Å². The lowest BCUT2D eigenvalue weighted by Gasteiger charge is -2.28. The number of fused-ring (bicyclic) bond motifs is 8.